The number of carbonyl (C=O) groups excluding carboxylic acids is 1. The van der Waals surface area contributed by atoms with Gasteiger partial charge in [0.05, 0.1) is 16.7 Å². The second-order valence-electron chi connectivity index (χ2n) is 5.91. The van der Waals surface area contributed by atoms with Crippen molar-refractivity contribution in [1.29, 1.82) is 5.26 Å². The highest BCUT2D eigenvalue weighted by atomic mass is 79.9. The fourth-order valence-corrected chi connectivity index (χ4v) is 3.59. The van der Waals surface area contributed by atoms with Crippen molar-refractivity contribution >= 4 is 27.5 Å². The molecule has 2 aromatic rings. The number of amides is 1. The molecule has 1 saturated carbocycles. The van der Waals surface area contributed by atoms with E-state index in [9.17, 15) is 10.1 Å². The topological polar surface area (TPSA) is 52.9 Å². The Labute approximate surface area is 144 Å². The smallest absolute Gasteiger partial charge is 0.235 e. The number of halogens is 1. The Hall–Kier alpha value is -2.12. The summed E-state index contributed by atoms with van der Waals surface area (Å²) in [6.45, 7) is 0. The van der Waals surface area contributed by atoms with Crippen molar-refractivity contribution in [2.45, 2.75) is 31.1 Å². The van der Waals surface area contributed by atoms with E-state index in [0.717, 1.165) is 35.7 Å². The van der Waals surface area contributed by atoms with Gasteiger partial charge in [0, 0.05) is 4.47 Å². The molecule has 0 aliphatic heterocycles. The van der Waals surface area contributed by atoms with Gasteiger partial charge in [-0.2, -0.15) is 5.26 Å². The van der Waals surface area contributed by atoms with Crippen LogP contribution >= 0.6 is 15.9 Å². The molecule has 4 heteroatoms. The fraction of sp³-hybridized carbons (Fsp3) is 0.263. The number of carbonyl (C=O) groups is 1. The highest BCUT2D eigenvalue weighted by Gasteiger charge is 2.42. The number of anilines is 1. The van der Waals surface area contributed by atoms with Crippen LogP contribution in [0.15, 0.2) is 53.0 Å². The Bertz CT molecular complexity index is 756. The highest BCUT2D eigenvalue weighted by Crippen LogP contribution is 2.42. The van der Waals surface area contributed by atoms with Gasteiger partial charge in [-0.05, 0) is 42.7 Å². The molecule has 1 N–H and O–H groups in total. The molecule has 0 atom stereocenters. The monoisotopic (exact) mass is 368 g/mol. The maximum Gasteiger partial charge on any atom is 0.235 e. The first-order valence-corrected chi connectivity index (χ1v) is 8.52. The number of nitrogens with one attached hydrogen (secondary N) is 1. The molecule has 1 amide bonds. The molecule has 1 fully saturated rings. The third-order valence-electron chi connectivity index (χ3n) is 4.58. The first kappa shape index (κ1) is 15.8. The van der Waals surface area contributed by atoms with Crippen molar-refractivity contribution in [3.8, 4) is 6.07 Å². The molecule has 0 aromatic heterocycles. The first-order chi connectivity index (χ1) is 11.2. The molecule has 23 heavy (non-hydrogen) atoms. The summed E-state index contributed by atoms with van der Waals surface area (Å²) in [6, 6.07) is 17.3. The Morgan fingerprint density at radius 3 is 2.39 bits per heavy atom. The zero-order valence-corrected chi connectivity index (χ0v) is 14.3. The molecule has 1 aliphatic carbocycles. The number of nitrogens with zero attached hydrogens (tertiary/aromatic N) is 1. The van der Waals surface area contributed by atoms with Crippen LogP contribution in [0.2, 0.25) is 0 Å². The van der Waals surface area contributed by atoms with Crippen molar-refractivity contribution in [2.24, 2.45) is 0 Å². The number of para-hydroxylation sites is 1. The summed E-state index contributed by atoms with van der Waals surface area (Å²) in [6.07, 6.45) is 3.77. The van der Waals surface area contributed by atoms with Crippen LogP contribution in [-0.2, 0) is 10.2 Å². The van der Waals surface area contributed by atoms with Gasteiger partial charge in [-0.15, -0.1) is 0 Å². The van der Waals surface area contributed by atoms with E-state index in [1.165, 1.54) is 0 Å². The summed E-state index contributed by atoms with van der Waals surface area (Å²) < 4.78 is 1.00. The molecular formula is C19H17BrN2O. The summed E-state index contributed by atoms with van der Waals surface area (Å²) in [5.41, 5.74) is 1.63. The second kappa shape index (κ2) is 6.55. The number of benzene rings is 2. The van der Waals surface area contributed by atoms with E-state index in [2.05, 4.69) is 27.3 Å². The van der Waals surface area contributed by atoms with Gasteiger partial charge >= 0.3 is 0 Å². The minimum absolute atomic E-state index is 0.0139. The molecule has 0 unspecified atom stereocenters. The zero-order valence-electron chi connectivity index (χ0n) is 12.7. The Kier molecular flexibility index (Phi) is 4.49. The maximum absolute atomic E-state index is 13.1. The largest absolute Gasteiger partial charge is 0.324 e. The number of rotatable bonds is 3. The summed E-state index contributed by atoms with van der Waals surface area (Å²) in [4.78, 5) is 13.1. The molecule has 2 aromatic carbocycles. The Balaban J connectivity index is 1.94. The lowest BCUT2D eigenvalue weighted by atomic mass is 9.78. The van der Waals surface area contributed by atoms with E-state index in [1.807, 2.05) is 30.3 Å². The molecule has 0 heterocycles. The lowest BCUT2D eigenvalue weighted by Crippen LogP contribution is -2.38. The highest BCUT2D eigenvalue weighted by molar-refractivity contribution is 9.10. The Morgan fingerprint density at radius 2 is 1.74 bits per heavy atom. The summed E-state index contributed by atoms with van der Waals surface area (Å²) in [7, 11) is 0. The van der Waals surface area contributed by atoms with Crippen molar-refractivity contribution in [2.75, 3.05) is 5.32 Å². The molecule has 116 valence electrons. The Morgan fingerprint density at radius 1 is 1.09 bits per heavy atom. The molecule has 1 aliphatic rings. The summed E-state index contributed by atoms with van der Waals surface area (Å²) in [5.74, 6) is -0.0139. The van der Waals surface area contributed by atoms with Crippen LogP contribution in [0.3, 0.4) is 0 Å². The molecule has 0 radical (unpaired) electrons. The zero-order chi connectivity index (χ0) is 16.3. The number of nitriles is 1. The standard InChI is InChI=1S/C19H17BrN2O/c20-16-9-7-15(8-10-16)19(11-3-4-12-19)18(23)22-17-6-2-1-5-14(17)13-21/h1-2,5-10H,3-4,11-12H2,(H,22,23). The van der Waals surface area contributed by atoms with Gasteiger partial charge in [0.1, 0.15) is 6.07 Å². The van der Waals surface area contributed by atoms with Gasteiger partial charge in [0.25, 0.3) is 0 Å². The van der Waals surface area contributed by atoms with Crippen LogP contribution in [0.1, 0.15) is 36.8 Å². The third kappa shape index (κ3) is 3.02. The maximum atomic E-state index is 13.1. The van der Waals surface area contributed by atoms with Crippen LogP contribution in [0.5, 0.6) is 0 Å². The quantitative estimate of drug-likeness (QED) is 0.847. The first-order valence-electron chi connectivity index (χ1n) is 7.72. The van der Waals surface area contributed by atoms with Crippen LogP contribution in [0.25, 0.3) is 0 Å². The average molecular weight is 369 g/mol. The molecule has 3 nitrogen and oxygen atoms in total. The normalized spacial score (nSPS) is 15.8. The predicted molar refractivity (Wildman–Crippen MR) is 94.1 cm³/mol. The molecule has 3 rings (SSSR count). The molecule has 0 bridgehead atoms. The van der Waals surface area contributed by atoms with Crippen LogP contribution in [0.4, 0.5) is 5.69 Å². The van der Waals surface area contributed by atoms with Gasteiger partial charge in [-0.3, -0.25) is 4.79 Å². The summed E-state index contributed by atoms with van der Waals surface area (Å²) in [5, 5.41) is 12.2. The van der Waals surface area contributed by atoms with E-state index < -0.39 is 5.41 Å². The molecular weight excluding hydrogens is 352 g/mol. The van der Waals surface area contributed by atoms with Gasteiger partial charge in [-0.1, -0.05) is 53.0 Å². The molecule has 0 saturated heterocycles. The lowest BCUT2D eigenvalue weighted by molar-refractivity contribution is -0.121. The fourth-order valence-electron chi connectivity index (χ4n) is 3.33. The van der Waals surface area contributed by atoms with Gasteiger partial charge < -0.3 is 5.32 Å². The van der Waals surface area contributed by atoms with E-state index in [4.69, 9.17) is 0 Å². The van der Waals surface area contributed by atoms with Crippen LogP contribution in [-0.4, -0.2) is 5.91 Å². The van der Waals surface area contributed by atoms with E-state index in [0.29, 0.717) is 11.3 Å². The summed E-state index contributed by atoms with van der Waals surface area (Å²) >= 11 is 3.44. The molecule has 0 spiro atoms. The SMILES string of the molecule is N#Cc1ccccc1NC(=O)C1(c2ccc(Br)cc2)CCCC1. The van der Waals surface area contributed by atoms with Crippen molar-refractivity contribution < 1.29 is 4.79 Å². The van der Waals surface area contributed by atoms with Gasteiger partial charge in [0.15, 0.2) is 0 Å². The predicted octanol–water partition coefficient (Wildman–Crippen LogP) is 4.77. The van der Waals surface area contributed by atoms with Crippen molar-refractivity contribution in [3.63, 3.8) is 0 Å². The number of hydrogen-bond donors (Lipinski definition) is 1. The van der Waals surface area contributed by atoms with Crippen LogP contribution < -0.4 is 5.32 Å². The average Bonchev–Trinajstić information content (AvgIpc) is 3.07. The third-order valence-corrected chi connectivity index (χ3v) is 5.11. The van der Waals surface area contributed by atoms with Crippen LogP contribution in [0, 0.1) is 11.3 Å². The minimum atomic E-state index is -0.497. The van der Waals surface area contributed by atoms with Gasteiger partial charge in [-0.25, -0.2) is 0 Å². The van der Waals surface area contributed by atoms with Gasteiger partial charge in [0.2, 0.25) is 5.91 Å². The second-order valence-corrected chi connectivity index (χ2v) is 6.82. The van der Waals surface area contributed by atoms with E-state index in [-0.39, 0.29) is 5.91 Å². The minimum Gasteiger partial charge on any atom is -0.324 e. The lowest BCUT2D eigenvalue weighted by Gasteiger charge is -2.28. The van der Waals surface area contributed by atoms with E-state index in [1.54, 1.807) is 18.2 Å². The van der Waals surface area contributed by atoms with Crippen molar-refractivity contribution in [3.05, 3.63) is 64.1 Å². The van der Waals surface area contributed by atoms with Crippen molar-refractivity contribution in [1.82, 2.24) is 0 Å². The number of hydrogen-bond acceptors (Lipinski definition) is 2. The van der Waals surface area contributed by atoms with E-state index >= 15 is 0 Å².